The highest BCUT2D eigenvalue weighted by atomic mass is 16.5. The summed E-state index contributed by atoms with van der Waals surface area (Å²) in [5, 5.41) is 9.78. The lowest BCUT2D eigenvalue weighted by Crippen LogP contribution is -2.31. The van der Waals surface area contributed by atoms with E-state index in [9.17, 15) is 9.90 Å². The van der Waals surface area contributed by atoms with Crippen LogP contribution in [-0.4, -0.2) is 37.0 Å². The predicted molar refractivity (Wildman–Crippen MR) is 55.4 cm³/mol. The van der Waals surface area contributed by atoms with E-state index in [1.165, 1.54) is 7.11 Å². The van der Waals surface area contributed by atoms with Crippen molar-refractivity contribution in [1.82, 2.24) is 0 Å². The van der Waals surface area contributed by atoms with E-state index in [0.29, 0.717) is 19.4 Å². The second-order valence-corrected chi connectivity index (χ2v) is 3.94. The van der Waals surface area contributed by atoms with E-state index in [2.05, 4.69) is 4.74 Å². The summed E-state index contributed by atoms with van der Waals surface area (Å²) in [5.41, 5.74) is 0. The van der Waals surface area contributed by atoms with Crippen LogP contribution >= 0.6 is 0 Å². The van der Waals surface area contributed by atoms with Gasteiger partial charge in [0.15, 0.2) is 0 Å². The number of methoxy groups -OCH3 is 1. The molecule has 1 N–H and O–H groups in total. The Labute approximate surface area is 90.6 Å². The number of aliphatic hydroxyl groups excluding tert-OH is 1. The Morgan fingerprint density at radius 1 is 1.47 bits per heavy atom. The van der Waals surface area contributed by atoms with Gasteiger partial charge in [-0.25, -0.2) is 0 Å². The fourth-order valence-electron chi connectivity index (χ4n) is 2.11. The number of rotatable bonds is 3. The van der Waals surface area contributed by atoms with Gasteiger partial charge in [-0.3, -0.25) is 4.79 Å². The number of hydrogen-bond acceptors (Lipinski definition) is 4. The first-order valence-electron chi connectivity index (χ1n) is 5.56. The zero-order valence-electron chi connectivity index (χ0n) is 9.44. The standard InChI is InChI=1S/C11H20O4/c1-3-15-8-5-4-6-10(12)9(7-8)11(13)14-2/h8-10,12H,3-7H2,1-2H3/t8?,9-,10+/m1/s1. The molecule has 0 aromatic heterocycles. The third-order valence-electron chi connectivity index (χ3n) is 2.91. The van der Waals surface area contributed by atoms with Gasteiger partial charge in [-0.1, -0.05) is 0 Å². The molecule has 1 aliphatic rings. The molecule has 1 rings (SSSR count). The van der Waals surface area contributed by atoms with Crippen LogP contribution in [0.25, 0.3) is 0 Å². The molecule has 0 radical (unpaired) electrons. The zero-order chi connectivity index (χ0) is 11.3. The van der Waals surface area contributed by atoms with E-state index in [0.717, 1.165) is 12.8 Å². The second-order valence-electron chi connectivity index (χ2n) is 3.94. The van der Waals surface area contributed by atoms with Gasteiger partial charge in [-0.2, -0.15) is 0 Å². The highest BCUT2D eigenvalue weighted by molar-refractivity contribution is 5.73. The lowest BCUT2D eigenvalue weighted by Gasteiger charge is -2.20. The van der Waals surface area contributed by atoms with Crippen LogP contribution in [0.3, 0.4) is 0 Å². The molecule has 0 aromatic rings. The molecule has 3 atom stereocenters. The van der Waals surface area contributed by atoms with E-state index in [1.54, 1.807) is 0 Å². The molecule has 0 aliphatic heterocycles. The van der Waals surface area contributed by atoms with E-state index in [-0.39, 0.29) is 12.1 Å². The summed E-state index contributed by atoms with van der Waals surface area (Å²) in [6.45, 7) is 2.59. The SMILES string of the molecule is CCOC1CCC[C@H](O)[C@H](C(=O)OC)C1. The monoisotopic (exact) mass is 216 g/mol. The van der Waals surface area contributed by atoms with E-state index < -0.39 is 12.0 Å². The van der Waals surface area contributed by atoms with Gasteiger partial charge in [-0.15, -0.1) is 0 Å². The lowest BCUT2D eigenvalue weighted by atomic mass is 9.97. The molecule has 15 heavy (non-hydrogen) atoms. The Kier molecular flexibility index (Phi) is 5.05. The third kappa shape index (κ3) is 3.47. The van der Waals surface area contributed by atoms with Crippen LogP contribution in [0.5, 0.6) is 0 Å². The van der Waals surface area contributed by atoms with E-state index in [1.807, 2.05) is 6.92 Å². The van der Waals surface area contributed by atoms with Gasteiger partial charge in [0.2, 0.25) is 0 Å². The molecule has 1 aliphatic carbocycles. The average Bonchev–Trinajstić information content (AvgIpc) is 2.40. The molecule has 1 saturated carbocycles. The Hall–Kier alpha value is -0.610. The molecular formula is C11H20O4. The first kappa shape index (κ1) is 12.5. The molecule has 1 fully saturated rings. The van der Waals surface area contributed by atoms with Crippen LogP contribution in [-0.2, 0) is 14.3 Å². The van der Waals surface area contributed by atoms with Gasteiger partial charge in [-0.05, 0) is 32.6 Å². The highest BCUT2D eigenvalue weighted by Gasteiger charge is 2.33. The summed E-state index contributed by atoms with van der Waals surface area (Å²) in [5.74, 6) is -0.747. The largest absolute Gasteiger partial charge is 0.469 e. The molecule has 0 heterocycles. The summed E-state index contributed by atoms with van der Waals surface area (Å²) in [6.07, 6.45) is 2.54. The number of carbonyl (C=O) groups excluding carboxylic acids is 1. The summed E-state index contributed by atoms with van der Waals surface area (Å²) >= 11 is 0. The van der Waals surface area contributed by atoms with Crippen LogP contribution in [0.2, 0.25) is 0 Å². The molecule has 0 aromatic carbocycles. The van der Waals surface area contributed by atoms with Crippen LogP contribution in [0.15, 0.2) is 0 Å². The Bertz CT molecular complexity index is 205. The maximum Gasteiger partial charge on any atom is 0.311 e. The Morgan fingerprint density at radius 3 is 2.80 bits per heavy atom. The fourth-order valence-corrected chi connectivity index (χ4v) is 2.11. The quantitative estimate of drug-likeness (QED) is 0.567. The van der Waals surface area contributed by atoms with Crippen LogP contribution in [0, 0.1) is 5.92 Å². The van der Waals surface area contributed by atoms with Crippen molar-refractivity contribution in [3.05, 3.63) is 0 Å². The topological polar surface area (TPSA) is 55.8 Å². The third-order valence-corrected chi connectivity index (χ3v) is 2.91. The summed E-state index contributed by atoms with van der Waals surface area (Å²) < 4.78 is 10.2. The van der Waals surface area contributed by atoms with Gasteiger partial charge >= 0.3 is 5.97 Å². The van der Waals surface area contributed by atoms with Crippen molar-refractivity contribution >= 4 is 5.97 Å². The normalized spacial score (nSPS) is 32.1. The van der Waals surface area contributed by atoms with Gasteiger partial charge in [0.25, 0.3) is 0 Å². The minimum absolute atomic E-state index is 0.0799. The number of ether oxygens (including phenoxy) is 2. The van der Waals surface area contributed by atoms with E-state index >= 15 is 0 Å². The minimum atomic E-state index is -0.581. The van der Waals surface area contributed by atoms with Crippen molar-refractivity contribution in [3.8, 4) is 0 Å². The van der Waals surface area contributed by atoms with Crippen molar-refractivity contribution < 1.29 is 19.4 Å². The molecule has 88 valence electrons. The smallest absolute Gasteiger partial charge is 0.311 e. The fraction of sp³-hybridized carbons (Fsp3) is 0.909. The molecule has 1 unspecified atom stereocenters. The number of carbonyl (C=O) groups is 1. The maximum absolute atomic E-state index is 11.4. The lowest BCUT2D eigenvalue weighted by molar-refractivity contribution is -0.151. The molecule has 0 amide bonds. The first-order chi connectivity index (χ1) is 7.19. The van der Waals surface area contributed by atoms with Crippen molar-refractivity contribution in [2.75, 3.05) is 13.7 Å². The summed E-state index contributed by atoms with van der Waals surface area (Å²) in [7, 11) is 1.36. The van der Waals surface area contributed by atoms with Gasteiger partial charge in [0.1, 0.15) is 0 Å². The number of esters is 1. The molecule has 0 spiro atoms. The summed E-state index contributed by atoms with van der Waals surface area (Å²) in [4.78, 5) is 11.4. The van der Waals surface area contributed by atoms with Crippen molar-refractivity contribution in [3.63, 3.8) is 0 Å². The van der Waals surface area contributed by atoms with Crippen LogP contribution < -0.4 is 0 Å². The first-order valence-corrected chi connectivity index (χ1v) is 5.56. The second kappa shape index (κ2) is 6.08. The Balaban J connectivity index is 2.60. The van der Waals surface area contributed by atoms with Gasteiger partial charge in [0, 0.05) is 6.61 Å². The molecule has 4 nitrogen and oxygen atoms in total. The minimum Gasteiger partial charge on any atom is -0.469 e. The number of hydrogen-bond donors (Lipinski definition) is 1. The van der Waals surface area contributed by atoms with Crippen molar-refractivity contribution in [2.45, 2.75) is 44.8 Å². The maximum atomic E-state index is 11.4. The zero-order valence-corrected chi connectivity index (χ0v) is 9.44. The van der Waals surface area contributed by atoms with Crippen molar-refractivity contribution in [1.29, 1.82) is 0 Å². The molecule has 0 bridgehead atoms. The molecule has 4 heteroatoms. The number of aliphatic hydroxyl groups is 1. The van der Waals surface area contributed by atoms with Gasteiger partial charge < -0.3 is 14.6 Å². The molecule has 0 saturated heterocycles. The van der Waals surface area contributed by atoms with Crippen molar-refractivity contribution in [2.24, 2.45) is 5.92 Å². The highest BCUT2D eigenvalue weighted by Crippen LogP contribution is 2.26. The van der Waals surface area contributed by atoms with Crippen LogP contribution in [0.4, 0.5) is 0 Å². The summed E-state index contributed by atoms with van der Waals surface area (Å²) in [6, 6.07) is 0. The average molecular weight is 216 g/mol. The van der Waals surface area contributed by atoms with Gasteiger partial charge in [0.05, 0.1) is 25.2 Å². The van der Waals surface area contributed by atoms with E-state index in [4.69, 9.17) is 4.74 Å². The van der Waals surface area contributed by atoms with Crippen LogP contribution in [0.1, 0.15) is 32.6 Å². The predicted octanol–water partition coefficient (Wildman–Crippen LogP) is 1.12. The molecular weight excluding hydrogens is 196 g/mol. The Morgan fingerprint density at radius 2 is 2.20 bits per heavy atom.